The van der Waals surface area contributed by atoms with Gasteiger partial charge in [-0.15, -0.1) is 0 Å². The second-order valence-corrected chi connectivity index (χ2v) is 6.87. The van der Waals surface area contributed by atoms with Crippen molar-refractivity contribution in [1.82, 2.24) is 9.97 Å². The fraction of sp³-hybridized carbons (Fsp3) is 0.312. The van der Waals surface area contributed by atoms with Gasteiger partial charge in [0.1, 0.15) is 0 Å². The SMILES string of the molecule is CCCCc1cc(=O)[nH]c(SCC(=O)Nc2cccc(Br)c2)n1. The van der Waals surface area contributed by atoms with Crippen LogP contribution in [0.4, 0.5) is 5.69 Å². The number of nitrogens with one attached hydrogen (secondary N) is 2. The van der Waals surface area contributed by atoms with Crippen LogP contribution in [0.15, 0.2) is 44.8 Å². The second kappa shape index (κ2) is 8.88. The number of benzene rings is 1. The van der Waals surface area contributed by atoms with Crippen molar-refractivity contribution in [3.63, 3.8) is 0 Å². The minimum Gasteiger partial charge on any atom is -0.325 e. The zero-order chi connectivity index (χ0) is 16.7. The Balaban J connectivity index is 1.93. The molecule has 0 saturated heterocycles. The molecule has 0 unspecified atom stereocenters. The number of aromatic nitrogens is 2. The first-order chi connectivity index (χ1) is 11.1. The van der Waals surface area contributed by atoms with Gasteiger partial charge >= 0.3 is 0 Å². The molecule has 122 valence electrons. The van der Waals surface area contributed by atoms with Gasteiger partial charge in [0.25, 0.3) is 5.56 Å². The average molecular weight is 396 g/mol. The van der Waals surface area contributed by atoms with Crippen molar-refractivity contribution >= 4 is 39.3 Å². The molecule has 5 nitrogen and oxygen atoms in total. The predicted octanol–water partition coefficient (Wildman–Crippen LogP) is 3.61. The van der Waals surface area contributed by atoms with Crippen molar-refractivity contribution in [3.05, 3.63) is 50.9 Å². The van der Waals surface area contributed by atoms with Gasteiger partial charge in [0.2, 0.25) is 5.91 Å². The molecule has 23 heavy (non-hydrogen) atoms. The molecule has 0 aliphatic carbocycles. The smallest absolute Gasteiger partial charge is 0.251 e. The van der Waals surface area contributed by atoms with Gasteiger partial charge in [-0.1, -0.05) is 47.1 Å². The quantitative estimate of drug-likeness (QED) is 0.554. The molecule has 0 saturated carbocycles. The average Bonchev–Trinajstić information content (AvgIpc) is 2.50. The van der Waals surface area contributed by atoms with E-state index in [-0.39, 0.29) is 17.2 Å². The van der Waals surface area contributed by atoms with Crippen LogP contribution in [0.2, 0.25) is 0 Å². The van der Waals surface area contributed by atoms with Gasteiger partial charge in [-0.25, -0.2) is 4.98 Å². The third-order valence-corrected chi connectivity index (χ3v) is 4.37. The number of hydrogen-bond donors (Lipinski definition) is 2. The molecule has 1 heterocycles. The molecule has 0 atom stereocenters. The molecular formula is C16H18BrN3O2S. The molecule has 1 aromatic carbocycles. The number of nitrogens with zero attached hydrogens (tertiary/aromatic N) is 1. The number of H-pyrrole nitrogens is 1. The Bertz CT molecular complexity index is 733. The minimum atomic E-state index is -0.180. The fourth-order valence-electron chi connectivity index (χ4n) is 1.93. The highest BCUT2D eigenvalue weighted by Crippen LogP contribution is 2.17. The summed E-state index contributed by atoms with van der Waals surface area (Å²) in [6.45, 7) is 2.09. The number of halogens is 1. The van der Waals surface area contributed by atoms with Gasteiger partial charge in [0.15, 0.2) is 5.16 Å². The van der Waals surface area contributed by atoms with Crippen LogP contribution in [0, 0.1) is 0 Å². The van der Waals surface area contributed by atoms with Gasteiger partial charge in [0, 0.05) is 21.9 Å². The van der Waals surface area contributed by atoms with Gasteiger partial charge in [-0.3, -0.25) is 9.59 Å². The molecule has 0 radical (unpaired) electrons. The van der Waals surface area contributed by atoms with Crippen molar-refractivity contribution in [2.75, 3.05) is 11.1 Å². The number of aromatic amines is 1. The van der Waals surface area contributed by atoms with Crippen LogP contribution in [0.3, 0.4) is 0 Å². The van der Waals surface area contributed by atoms with Crippen molar-refractivity contribution in [2.45, 2.75) is 31.3 Å². The third kappa shape index (κ3) is 6.19. The Labute approximate surface area is 147 Å². The van der Waals surface area contributed by atoms with Crippen LogP contribution in [0.1, 0.15) is 25.5 Å². The molecule has 0 bridgehead atoms. The van der Waals surface area contributed by atoms with E-state index >= 15 is 0 Å². The summed E-state index contributed by atoms with van der Waals surface area (Å²) < 4.78 is 0.901. The largest absolute Gasteiger partial charge is 0.325 e. The van der Waals surface area contributed by atoms with Gasteiger partial charge < -0.3 is 10.3 Å². The molecule has 2 aromatic rings. The van der Waals surface area contributed by atoms with E-state index < -0.39 is 0 Å². The number of anilines is 1. The van der Waals surface area contributed by atoms with Crippen molar-refractivity contribution in [3.8, 4) is 0 Å². The summed E-state index contributed by atoms with van der Waals surface area (Å²) in [6, 6.07) is 8.90. The van der Waals surface area contributed by atoms with E-state index in [1.54, 1.807) is 0 Å². The van der Waals surface area contributed by atoms with Crippen LogP contribution in [-0.2, 0) is 11.2 Å². The standard InChI is InChI=1S/C16H18BrN3O2S/c1-2-3-6-13-9-14(21)20-16(19-13)23-10-15(22)18-12-7-4-5-11(17)8-12/h4-5,7-9H,2-3,6,10H2,1H3,(H,18,22)(H,19,20,21). The summed E-state index contributed by atoms with van der Waals surface area (Å²) in [7, 11) is 0. The number of rotatable bonds is 7. The molecule has 1 amide bonds. The molecule has 7 heteroatoms. The number of hydrogen-bond acceptors (Lipinski definition) is 4. The van der Waals surface area contributed by atoms with E-state index in [0.29, 0.717) is 5.16 Å². The normalized spacial score (nSPS) is 10.5. The van der Waals surface area contributed by atoms with Gasteiger partial charge in [-0.2, -0.15) is 0 Å². The minimum absolute atomic E-state index is 0.144. The lowest BCUT2D eigenvalue weighted by Crippen LogP contribution is -2.15. The molecule has 1 aromatic heterocycles. The highest BCUT2D eigenvalue weighted by molar-refractivity contribution is 9.10. The lowest BCUT2D eigenvalue weighted by molar-refractivity contribution is -0.113. The first-order valence-electron chi connectivity index (χ1n) is 7.35. The molecular weight excluding hydrogens is 378 g/mol. The Kier molecular flexibility index (Phi) is 6.85. The highest BCUT2D eigenvalue weighted by Gasteiger charge is 2.07. The molecule has 0 aliphatic heterocycles. The first-order valence-corrected chi connectivity index (χ1v) is 9.13. The zero-order valence-corrected chi connectivity index (χ0v) is 15.2. The zero-order valence-electron chi connectivity index (χ0n) is 12.8. The Morgan fingerprint density at radius 3 is 2.96 bits per heavy atom. The maximum Gasteiger partial charge on any atom is 0.251 e. The molecule has 0 fully saturated rings. The number of amides is 1. The van der Waals surface area contributed by atoms with Crippen molar-refractivity contribution < 1.29 is 4.79 Å². The molecule has 0 aliphatic rings. The van der Waals surface area contributed by atoms with Gasteiger partial charge in [0.05, 0.1) is 5.75 Å². The van der Waals surface area contributed by atoms with Crippen LogP contribution < -0.4 is 10.9 Å². The number of unbranched alkanes of at least 4 members (excludes halogenated alkanes) is 1. The van der Waals surface area contributed by atoms with E-state index in [1.165, 1.54) is 17.8 Å². The maximum atomic E-state index is 12.0. The molecule has 2 N–H and O–H groups in total. The van der Waals surface area contributed by atoms with Crippen molar-refractivity contribution in [1.29, 1.82) is 0 Å². The van der Waals surface area contributed by atoms with Crippen LogP contribution in [0.25, 0.3) is 0 Å². The van der Waals surface area contributed by atoms with E-state index in [2.05, 4.69) is 38.1 Å². The Morgan fingerprint density at radius 1 is 1.39 bits per heavy atom. The summed E-state index contributed by atoms with van der Waals surface area (Å²) in [6.07, 6.45) is 2.81. The molecule has 2 rings (SSSR count). The maximum absolute atomic E-state index is 12.0. The number of carbonyl (C=O) groups is 1. The second-order valence-electron chi connectivity index (χ2n) is 4.99. The summed E-state index contributed by atoms with van der Waals surface area (Å²) in [5.41, 5.74) is 1.31. The third-order valence-electron chi connectivity index (χ3n) is 3.01. The number of aryl methyl sites for hydroxylation is 1. The van der Waals surface area contributed by atoms with Crippen LogP contribution in [0.5, 0.6) is 0 Å². The van der Waals surface area contributed by atoms with Crippen molar-refractivity contribution in [2.24, 2.45) is 0 Å². The monoisotopic (exact) mass is 395 g/mol. The summed E-state index contributed by atoms with van der Waals surface area (Å²) >= 11 is 4.58. The Hall–Kier alpha value is -1.60. The van der Waals surface area contributed by atoms with E-state index in [9.17, 15) is 9.59 Å². The van der Waals surface area contributed by atoms with Crippen LogP contribution >= 0.6 is 27.7 Å². The highest BCUT2D eigenvalue weighted by atomic mass is 79.9. The van der Waals surface area contributed by atoms with E-state index in [1.807, 2.05) is 24.3 Å². The summed E-state index contributed by atoms with van der Waals surface area (Å²) in [5, 5.41) is 3.29. The Morgan fingerprint density at radius 2 is 2.22 bits per heavy atom. The lowest BCUT2D eigenvalue weighted by Gasteiger charge is -2.06. The topological polar surface area (TPSA) is 74.8 Å². The molecule has 0 spiro atoms. The fourth-order valence-corrected chi connectivity index (χ4v) is 3.03. The summed E-state index contributed by atoms with van der Waals surface area (Å²) in [5.74, 6) is 0.0434. The van der Waals surface area contributed by atoms with Crippen LogP contribution in [-0.4, -0.2) is 21.6 Å². The lowest BCUT2D eigenvalue weighted by atomic mass is 10.2. The number of thioether (sulfide) groups is 1. The van der Waals surface area contributed by atoms with E-state index in [4.69, 9.17) is 0 Å². The predicted molar refractivity (Wildman–Crippen MR) is 97.0 cm³/mol. The van der Waals surface area contributed by atoms with E-state index in [0.717, 1.165) is 35.1 Å². The summed E-state index contributed by atoms with van der Waals surface area (Å²) in [4.78, 5) is 30.7. The van der Waals surface area contributed by atoms with Gasteiger partial charge in [-0.05, 0) is 31.0 Å². The first kappa shape index (κ1) is 17.7. The number of carbonyl (C=O) groups excluding carboxylic acids is 1.